The Kier molecular flexibility index (Phi) is 4.09. The minimum atomic E-state index is -0.301. The van der Waals surface area contributed by atoms with E-state index in [4.69, 9.17) is 0 Å². The normalized spacial score (nSPS) is 19.5. The quantitative estimate of drug-likeness (QED) is 0.796. The van der Waals surface area contributed by atoms with Crippen LogP contribution in [-0.4, -0.2) is 34.2 Å². The number of anilines is 1. The first kappa shape index (κ1) is 13.5. The lowest BCUT2D eigenvalue weighted by Crippen LogP contribution is -2.38. The highest BCUT2D eigenvalue weighted by molar-refractivity contribution is 5.94. The fourth-order valence-corrected chi connectivity index (χ4v) is 2.12. The van der Waals surface area contributed by atoms with Crippen LogP contribution < -0.4 is 10.6 Å². The van der Waals surface area contributed by atoms with Gasteiger partial charge in [-0.1, -0.05) is 0 Å². The highest BCUT2D eigenvalue weighted by Crippen LogP contribution is 2.12. The van der Waals surface area contributed by atoms with E-state index in [1.54, 1.807) is 6.92 Å². The second kappa shape index (κ2) is 5.77. The van der Waals surface area contributed by atoms with Crippen molar-refractivity contribution in [3.05, 3.63) is 17.5 Å². The van der Waals surface area contributed by atoms with E-state index in [9.17, 15) is 9.59 Å². The van der Waals surface area contributed by atoms with Crippen molar-refractivity contribution >= 4 is 17.6 Å². The highest BCUT2D eigenvalue weighted by Gasteiger charge is 2.21. The number of amides is 1. The van der Waals surface area contributed by atoms with Gasteiger partial charge in [0, 0.05) is 12.7 Å². The Morgan fingerprint density at radius 3 is 2.95 bits per heavy atom. The summed E-state index contributed by atoms with van der Waals surface area (Å²) >= 11 is 0. The van der Waals surface area contributed by atoms with Gasteiger partial charge in [-0.05, 0) is 33.1 Å². The maximum Gasteiger partial charge on any atom is 0.242 e. The molecular weight excluding hydrogens is 244 g/mol. The number of Topliss-reactive ketones (excluding diaryl/α,β-unsaturated/α-hetero) is 1. The standard InChI is InChI=1S/C13H18N4O2/c1-8-10(9(2)18)7-15-13(16-8)17-11-5-3-4-6-14-12(11)19/h7,11H,3-6H2,1-2H3,(H,14,19)(H,15,16,17). The van der Waals surface area contributed by atoms with Crippen LogP contribution in [0.1, 0.15) is 42.2 Å². The minimum absolute atomic E-state index is 0.0191. The van der Waals surface area contributed by atoms with Gasteiger partial charge in [-0.3, -0.25) is 9.59 Å². The molecule has 1 saturated heterocycles. The van der Waals surface area contributed by atoms with E-state index in [1.165, 1.54) is 13.1 Å². The molecule has 6 heteroatoms. The topological polar surface area (TPSA) is 84.0 Å². The monoisotopic (exact) mass is 262 g/mol. The van der Waals surface area contributed by atoms with Gasteiger partial charge >= 0.3 is 0 Å². The number of nitrogens with one attached hydrogen (secondary N) is 2. The summed E-state index contributed by atoms with van der Waals surface area (Å²) in [5.41, 5.74) is 1.13. The molecule has 1 aromatic heterocycles. The summed E-state index contributed by atoms with van der Waals surface area (Å²) in [6.45, 7) is 3.97. The summed E-state index contributed by atoms with van der Waals surface area (Å²) in [7, 11) is 0. The summed E-state index contributed by atoms with van der Waals surface area (Å²) < 4.78 is 0. The molecule has 2 rings (SSSR count). The third kappa shape index (κ3) is 3.27. The van der Waals surface area contributed by atoms with Crippen molar-refractivity contribution in [3.63, 3.8) is 0 Å². The van der Waals surface area contributed by atoms with Crippen LogP contribution in [0.2, 0.25) is 0 Å². The number of carbonyl (C=O) groups is 2. The van der Waals surface area contributed by atoms with Crippen LogP contribution in [0.3, 0.4) is 0 Å². The first-order chi connectivity index (χ1) is 9.08. The van der Waals surface area contributed by atoms with Crippen molar-refractivity contribution in [2.75, 3.05) is 11.9 Å². The lowest BCUT2D eigenvalue weighted by molar-refractivity contribution is -0.121. The van der Waals surface area contributed by atoms with Crippen LogP contribution in [0, 0.1) is 6.92 Å². The Balaban J connectivity index is 2.12. The van der Waals surface area contributed by atoms with Crippen molar-refractivity contribution < 1.29 is 9.59 Å². The van der Waals surface area contributed by atoms with E-state index in [2.05, 4.69) is 20.6 Å². The number of aromatic nitrogens is 2. The van der Waals surface area contributed by atoms with Gasteiger partial charge < -0.3 is 10.6 Å². The van der Waals surface area contributed by atoms with E-state index in [-0.39, 0.29) is 17.7 Å². The van der Waals surface area contributed by atoms with Gasteiger partial charge in [0.05, 0.1) is 11.3 Å². The lowest BCUT2D eigenvalue weighted by atomic mass is 10.1. The van der Waals surface area contributed by atoms with Gasteiger partial charge in [0.1, 0.15) is 6.04 Å². The smallest absolute Gasteiger partial charge is 0.242 e. The number of aryl methyl sites for hydroxylation is 1. The number of carbonyl (C=O) groups excluding carboxylic acids is 2. The Morgan fingerprint density at radius 2 is 2.26 bits per heavy atom. The second-order valence-electron chi connectivity index (χ2n) is 4.73. The highest BCUT2D eigenvalue weighted by atomic mass is 16.2. The number of nitrogens with zero attached hydrogens (tertiary/aromatic N) is 2. The zero-order valence-corrected chi connectivity index (χ0v) is 11.2. The van der Waals surface area contributed by atoms with Crippen LogP contribution in [0.15, 0.2) is 6.20 Å². The Morgan fingerprint density at radius 1 is 1.47 bits per heavy atom. The average molecular weight is 262 g/mol. The first-order valence-corrected chi connectivity index (χ1v) is 6.47. The van der Waals surface area contributed by atoms with E-state index in [0.717, 1.165) is 25.8 Å². The van der Waals surface area contributed by atoms with Gasteiger partial charge in [-0.25, -0.2) is 9.97 Å². The maximum atomic E-state index is 11.8. The van der Waals surface area contributed by atoms with Crippen LogP contribution in [0.4, 0.5) is 5.95 Å². The Hall–Kier alpha value is -1.98. The second-order valence-corrected chi connectivity index (χ2v) is 4.73. The SMILES string of the molecule is CC(=O)c1cnc(NC2CCCCNC2=O)nc1C. The summed E-state index contributed by atoms with van der Waals surface area (Å²) in [6.07, 6.45) is 4.25. The molecule has 6 nitrogen and oxygen atoms in total. The molecular formula is C13H18N4O2. The number of hydrogen-bond donors (Lipinski definition) is 2. The maximum absolute atomic E-state index is 11.8. The van der Waals surface area contributed by atoms with E-state index in [1.807, 2.05) is 0 Å². The predicted molar refractivity (Wildman–Crippen MR) is 71.0 cm³/mol. The average Bonchev–Trinajstić information content (AvgIpc) is 2.55. The largest absolute Gasteiger partial charge is 0.354 e. The van der Waals surface area contributed by atoms with Crippen LogP contribution in [-0.2, 0) is 4.79 Å². The van der Waals surface area contributed by atoms with Gasteiger partial charge in [-0.2, -0.15) is 0 Å². The number of hydrogen-bond acceptors (Lipinski definition) is 5. The molecule has 0 bridgehead atoms. The molecule has 1 unspecified atom stereocenters. The molecule has 0 aliphatic carbocycles. The van der Waals surface area contributed by atoms with Crippen LogP contribution in [0.25, 0.3) is 0 Å². The van der Waals surface area contributed by atoms with Crippen molar-refractivity contribution in [3.8, 4) is 0 Å². The summed E-state index contributed by atoms with van der Waals surface area (Å²) in [6, 6.07) is -0.301. The molecule has 0 saturated carbocycles. The molecule has 0 radical (unpaired) electrons. The van der Waals surface area contributed by atoms with E-state index >= 15 is 0 Å². The lowest BCUT2D eigenvalue weighted by Gasteiger charge is -2.15. The van der Waals surface area contributed by atoms with Crippen molar-refractivity contribution in [1.82, 2.24) is 15.3 Å². The van der Waals surface area contributed by atoms with E-state index < -0.39 is 0 Å². The van der Waals surface area contributed by atoms with Gasteiger partial charge in [0.25, 0.3) is 0 Å². The zero-order valence-electron chi connectivity index (χ0n) is 11.2. The van der Waals surface area contributed by atoms with Gasteiger partial charge in [0.15, 0.2) is 5.78 Å². The minimum Gasteiger partial charge on any atom is -0.354 e. The Labute approximate surface area is 112 Å². The molecule has 2 N–H and O–H groups in total. The Bertz CT molecular complexity index is 501. The molecule has 1 aliphatic heterocycles. The molecule has 19 heavy (non-hydrogen) atoms. The summed E-state index contributed by atoms with van der Waals surface area (Å²) in [4.78, 5) is 31.4. The number of ketones is 1. The van der Waals surface area contributed by atoms with Crippen LogP contribution >= 0.6 is 0 Å². The molecule has 1 atom stereocenters. The fourth-order valence-electron chi connectivity index (χ4n) is 2.12. The zero-order chi connectivity index (χ0) is 13.8. The fraction of sp³-hybridized carbons (Fsp3) is 0.538. The van der Waals surface area contributed by atoms with Crippen molar-refractivity contribution in [2.24, 2.45) is 0 Å². The number of rotatable bonds is 3. The predicted octanol–water partition coefficient (Wildman–Crippen LogP) is 1.07. The third-order valence-corrected chi connectivity index (χ3v) is 3.20. The first-order valence-electron chi connectivity index (χ1n) is 6.47. The van der Waals surface area contributed by atoms with Crippen molar-refractivity contribution in [2.45, 2.75) is 39.2 Å². The molecule has 1 fully saturated rings. The molecule has 0 spiro atoms. The molecule has 1 aliphatic rings. The van der Waals surface area contributed by atoms with Crippen LogP contribution in [0.5, 0.6) is 0 Å². The summed E-state index contributed by atoms with van der Waals surface area (Å²) in [5, 5.41) is 5.88. The molecule has 102 valence electrons. The molecule has 2 heterocycles. The van der Waals surface area contributed by atoms with Gasteiger partial charge in [-0.15, -0.1) is 0 Å². The molecule has 0 aromatic carbocycles. The summed E-state index contributed by atoms with van der Waals surface area (Å²) in [5.74, 6) is 0.315. The third-order valence-electron chi connectivity index (χ3n) is 3.20. The van der Waals surface area contributed by atoms with Crippen molar-refractivity contribution in [1.29, 1.82) is 0 Å². The van der Waals surface area contributed by atoms with Gasteiger partial charge in [0.2, 0.25) is 11.9 Å². The molecule has 1 amide bonds. The van der Waals surface area contributed by atoms with E-state index in [0.29, 0.717) is 17.2 Å². The molecule has 1 aromatic rings.